The summed E-state index contributed by atoms with van der Waals surface area (Å²) in [6, 6.07) is -0.0647. The Hall–Kier alpha value is -1.36. The molecule has 5 heteroatoms. The third kappa shape index (κ3) is 1.77. The van der Waals surface area contributed by atoms with Crippen LogP contribution in [-0.2, 0) is 11.3 Å². The van der Waals surface area contributed by atoms with Crippen LogP contribution in [0, 0.1) is 0 Å². The van der Waals surface area contributed by atoms with E-state index in [4.69, 9.17) is 4.42 Å². The first-order valence-corrected chi connectivity index (χ1v) is 4.63. The van der Waals surface area contributed by atoms with Crippen LogP contribution in [0.25, 0.3) is 0 Å². The van der Waals surface area contributed by atoms with Crippen LogP contribution in [0.5, 0.6) is 0 Å². The molecular weight excluding hydrogens is 182 g/mol. The summed E-state index contributed by atoms with van der Waals surface area (Å²) in [4.78, 5) is 17.0. The third-order valence-electron chi connectivity index (χ3n) is 2.43. The number of likely N-dealkylation sites (tertiary alicyclic amines) is 1. The highest BCUT2D eigenvalue weighted by Gasteiger charge is 2.28. The summed E-state index contributed by atoms with van der Waals surface area (Å²) in [7, 11) is 1.82. The summed E-state index contributed by atoms with van der Waals surface area (Å²) >= 11 is 0. The first kappa shape index (κ1) is 9.21. The topological polar surface area (TPSA) is 58.4 Å². The van der Waals surface area contributed by atoms with Crippen molar-refractivity contribution < 1.29 is 9.21 Å². The number of nitrogens with one attached hydrogen (secondary N) is 1. The first-order chi connectivity index (χ1) is 6.77. The highest BCUT2D eigenvalue weighted by atomic mass is 16.3. The molecule has 5 nitrogen and oxygen atoms in total. The number of amides is 1. The maximum Gasteiger partial charge on any atom is 0.239 e. The fourth-order valence-electron chi connectivity index (χ4n) is 1.57. The SMILES string of the molecule is CN1CCC(NCc2cnco2)C1=O. The lowest BCUT2D eigenvalue weighted by atomic mass is 10.2. The number of hydrogen-bond donors (Lipinski definition) is 1. The Morgan fingerprint density at radius 1 is 1.79 bits per heavy atom. The van der Waals surface area contributed by atoms with Crippen LogP contribution < -0.4 is 5.32 Å². The van der Waals surface area contributed by atoms with Crippen molar-refractivity contribution in [1.29, 1.82) is 0 Å². The van der Waals surface area contributed by atoms with Gasteiger partial charge in [-0.2, -0.15) is 0 Å². The van der Waals surface area contributed by atoms with Crippen molar-refractivity contribution in [2.45, 2.75) is 19.0 Å². The summed E-state index contributed by atoms with van der Waals surface area (Å²) in [6.07, 6.45) is 3.90. The minimum atomic E-state index is -0.0647. The molecule has 2 rings (SSSR count). The average Bonchev–Trinajstić information content (AvgIpc) is 2.77. The van der Waals surface area contributed by atoms with Gasteiger partial charge in [0.15, 0.2) is 6.39 Å². The molecule has 1 unspecified atom stereocenters. The molecule has 0 aliphatic carbocycles. The minimum Gasteiger partial charge on any atom is -0.447 e. The van der Waals surface area contributed by atoms with Gasteiger partial charge in [-0.05, 0) is 6.42 Å². The minimum absolute atomic E-state index is 0.0647. The van der Waals surface area contributed by atoms with Gasteiger partial charge in [-0.3, -0.25) is 10.1 Å². The summed E-state index contributed by atoms with van der Waals surface area (Å²) in [5.41, 5.74) is 0. The molecule has 1 N–H and O–H groups in total. The highest BCUT2D eigenvalue weighted by Crippen LogP contribution is 2.09. The lowest BCUT2D eigenvalue weighted by Gasteiger charge is -2.10. The molecule has 0 radical (unpaired) electrons. The Labute approximate surface area is 82.1 Å². The van der Waals surface area contributed by atoms with Crippen LogP contribution in [0.2, 0.25) is 0 Å². The zero-order valence-electron chi connectivity index (χ0n) is 8.06. The molecule has 1 atom stereocenters. The Balaban J connectivity index is 1.84. The quantitative estimate of drug-likeness (QED) is 0.737. The van der Waals surface area contributed by atoms with Crippen molar-refractivity contribution in [3.8, 4) is 0 Å². The lowest BCUT2D eigenvalue weighted by molar-refractivity contribution is -0.128. The number of carbonyl (C=O) groups is 1. The molecule has 1 amide bonds. The van der Waals surface area contributed by atoms with E-state index in [0.29, 0.717) is 6.54 Å². The molecule has 0 spiro atoms. The number of hydrogen-bond acceptors (Lipinski definition) is 4. The maximum atomic E-state index is 11.5. The molecule has 2 heterocycles. The van der Waals surface area contributed by atoms with Gasteiger partial charge >= 0.3 is 0 Å². The van der Waals surface area contributed by atoms with E-state index in [-0.39, 0.29) is 11.9 Å². The van der Waals surface area contributed by atoms with Crippen molar-refractivity contribution in [3.63, 3.8) is 0 Å². The zero-order chi connectivity index (χ0) is 9.97. The van der Waals surface area contributed by atoms with Crippen molar-refractivity contribution in [2.75, 3.05) is 13.6 Å². The largest absolute Gasteiger partial charge is 0.447 e. The van der Waals surface area contributed by atoms with Crippen molar-refractivity contribution in [2.24, 2.45) is 0 Å². The number of likely N-dealkylation sites (N-methyl/N-ethyl adjacent to an activating group) is 1. The molecule has 1 fully saturated rings. The molecule has 0 bridgehead atoms. The Kier molecular flexibility index (Phi) is 2.49. The number of nitrogens with zero attached hydrogens (tertiary/aromatic N) is 2. The number of oxazole rings is 1. The Morgan fingerprint density at radius 3 is 3.21 bits per heavy atom. The van der Waals surface area contributed by atoms with Gasteiger partial charge in [-0.1, -0.05) is 0 Å². The predicted molar refractivity (Wildman–Crippen MR) is 49.4 cm³/mol. The molecule has 1 aliphatic rings. The van der Waals surface area contributed by atoms with Gasteiger partial charge < -0.3 is 9.32 Å². The molecule has 1 aromatic rings. The molecule has 1 aromatic heterocycles. The predicted octanol–water partition coefficient (Wildman–Crippen LogP) is -0.00510. The summed E-state index contributed by atoms with van der Waals surface area (Å²) in [5, 5.41) is 3.14. The normalized spacial score (nSPS) is 21.9. The average molecular weight is 195 g/mol. The highest BCUT2D eigenvalue weighted by molar-refractivity contribution is 5.83. The molecule has 1 saturated heterocycles. The lowest BCUT2D eigenvalue weighted by Crippen LogP contribution is -2.36. The second-order valence-corrected chi connectivity index (χ2v) is 3.45. The van der Waals surface area contributed by atoms with Gasteiger partial charge in [0, 0.05) is 13.6 Å². The summed E-state index contributed by atoms with van der Waals surface area (Å²) in [6.45, 7) is 1.39. The third-order valence-corrected chi connectivity index (χ3v) is 2.43. The van der Waals surface area contributed by atoms with Gasteiger partial charge in [0.2, 0.25) is 5.91 Å². The Morgan fingerprint density at radius 2 is 2.64 bits per heavy atom. The molecular formula is C9H13N3O2. The van der Waals surface area contributed by atoms with Gasteiger partial charge in [0.1, 0.15) is 5.76 Å². The van der Waals surface area contributed by atoms with E-state index in [0.717, 1.165) is 18.7 Å². The molecule has 0 saturated carbocycles. The van der Waals surface area contributed by atoms with Crippen LogP contribution in [-0.4, -0.2) is 35.4 Å². The summed E-state index contributed by atoms with van der Waals surface area (Å²) in [5.74, 6) is 0.914. The van der Waals surface area contributed by atoms with Crippen LogP contribution in [0.1, 0.15) is 12.2 Å². The van der Waals surface area contributed by atoms with E-state index in [1.807, 2.05) is 7.05 Å². The molecule has 14 heavy (non-hydrogen) atoms. The zero-order valence-corrected chi connectivity index (χ0v) is 8.06. The maximum absolute atomic E-state index is 11.5. The molecule has 1 aliphatic heterocycles. The van der Waals surface area contributed by atoms with Gasteiger partial charge in [-0.15, -0.1) is 0 Å². The Bertz CT molecular complexity index is 310. The van der Waals surface area contributed by atoms with Crippen LogP contribution in [0.4, 0.5) is 0 Å². The number of rotatable bonds is 3. The smallest absolute Gasteiger partial charge is 0.239 e. The van der Waals surface area contributed by atoms with E-state index in [2.05, 4.69) is 10.3 Å². The van der Waals surface area contributed by atoms with Gasteiger partial charge in [0.05, 0.1) is 18.8 Å². The molecule has 0 aromatic carbocycles. The van der Waals surface area contributed by atoms with E-state index in [9.17, 15) is 4.79 Å². The monoisotopic (exact) mass is 195 g/mol. The van der Waals surface area contributed by atoms with Crippen LogP contribution >= 0.6 is 0 Å². The van der Waals surface area contributed by atoms with Gasteiger partial charge in [0.25, 0.3) is 0 Å². The van der Waals surface area contributed by atoms with Crippen molar-refractivity contribution in [3.05, 3.63) is 18.4 Å². The first-order valence-electron chi connectivity index (χ1n) is 4.63. The molecule has 76 valence electrons. The second kappa shape index (κ2) is 3.79. The standard InChI is InChI=1S/C9H13N3O2/c1-12-3-2-8(9(12)13)11-5-7-4-10-6-14-7/h4,6,8,11H,2-3,5H2,1H3. The van der Waals surface area contributed by atoms with Crippen molar-refractivity contribution >= 4 is 5.91 Å². The van der Waals surface area contributed by atoms with Crippen LogP contribution in [0.15, 0.2) is 17.0 Å². The number of aromatic nitrogens is 1. The van der Waals surface area contributed by atoms with Gasteiger partial charge in [-0.25, -0.2) is 4.98 Å². The number of carbonyl (C=O) groups excluding carboxylic acids is 1. The van der Waals surface area contributed by atoms with Crippen LogP contribution in [0.3, 0.4) is 0 Å². The fraction of sp³-hybridized carbons (Fsp3) is 0.556. The van der Waals surface area contributed by atoms with Crippen molar-refractivity contribution in [1.82, 2.24) is 15.2 Å². The summed E-state index contributed by atoms with van der Waals surface area (Å²) < 4.78 is 5.06. The van der Waals surface area contributed by atoms with E-state index in [1.165, 1.54) is 6.39 Å². The van der Waals surface area contributed by atoms with E-state index >= 15 is 0 Å². The fourth-order valence-corrected chi connectivity index (χ4v) is 1.57. The second-order valence-electron chi connectivity index (χ2n) is 3.45. The van der Waals surface area contributed by atoms with E-state index in [1.54, 1.807) is 11.1 Å². The van der Waals surface area contributed by atoms with E-state index < -0.39 is 0 Å².